The maximum Gasteiger partial charge on any atom is 0.319 e. The minimum atomic E-state index is -0.968. The van der Waals surface area contributed by atoms with E-state index in [9.17, 15) is 13.6 Å². The number of furan rings is 1. The van der Waals surface area contributed by atoms with Gasteiger partial charge in [0.1, 0.15) is 29.9 Å². The van der Waals surface area contributed by atoms with E-state index in [4.69, 9.17) is 20.6 Å². The predicted molar refractivity (Wildman–Crippen MR) is 165 cm³/mol. The van der Waals surface area contributed by atoms with E-state index in [-0.39, 0.29) is 63.6 Å². The number of anilines is 2. The van der Waals surface area contributed by atoms with Crippen molar-refractivity contribution in [2.45, 2.75) is 24.7 Å². The summed E-state index contributed by atoms with van der Waals surface area (Å²) >= 11 is 0.972. The summed E-state index contributed by atoms with van der Waals surface area (Å²) in [6, 6.07) is 5.64. The molecule has 5 heterocycles. The summed E-state index contributed by atoms with van der Waals surface area (Å²) in [7, 11) is 1.81. The van der Waals surface area contributed by atoms with Gasteiger partial charge in [0, 0.05) is 47.8 Å². The molecule has 234 valence electrons. The van der Waals surface area contributed by atoms with Crippen LogP contribution in [0, 0.1) is 11.6 Å². The van der Waals surface area contributed by atoms with Gasteiger partial charge in [-0.2, -0.15) is 9.97 Å². The summed E-state index contributed by atoms with van der Waals surface area (Å²) in [4.78, 5) is 28.9. The lowest BCUT2D eigenvalue weighted by atomic mass is 9.92. The minimum Gasteiger partial charge on any atom is -0.472 e. The topological polar surface area (TPSA) is 149 Å². The van der Waals surface area contributed by atoms with E-state index in [1.165, 1.54) is 24.7 Å². The number of fused-ring (bicyclic) bond motifs is 2. The summed E-state index contributed by atoms with van der Waals surface area (Å²) in [5.41, 5.74) is 13.0. The van der Waals surface area contributed by atoms with Crippen LogP contribution in [0.5, 0.6) is 6.01 Å². The van der Waals surface area contributed by atoms with Gasteiger partial charge in [-0.1, -0.05) is 11.3 Å². The van der Waals surface area contributed by atoms with Gasteiger partial charge in [-0.3, -0.25) is 9.69 Å². The van der Waals surface area contributed by atoms with Crippen molar-refractivity contribution in [2.24, 2.45) is 5.73 Å². The first kappa shape index (κ1) is 29.3. The standard InChI is InChI=1S/C30H29F3N8O3S/c1-40-9-15(31)6-17(40)13-44-30-38-25-20(28(39-30)36-16-10-41(11-16)22(42)8-34)7-19(14-4-5-43-12-14)23(24(25)33)18-2-3-21(32)27-26(18)37-29(35)45-27/h2-5,7,12,15-17H,6,8-11,13,34H2,1H3,(H2,35,37)(H,36,38,39). The fourth-order valence-corrected chi connectivity index (χ4v) is 6.72. The number of ether oxygens (including phenoxy) is 1. The van der Waals surface area contributed by atoms with Gasteiger partial charge >= 0.3 is 6.01 Å². The van der Waals surface area contributed by atoms with Crippen molar-refractivity contribution in [1.82, 2.24) is 24.8 Å². The van der Waals surface area contributed by atoms with E-state index < -0.39 is 17.8 Å². The number of halogens is 3. The third-order valence-corrected chi connectivity index (χ3v) is 9.21. The molecule has 5 N–H and O–H groups in total. The van der Waals surface area contributed by atoms with Crippen LogP contribution in [0.15, 0.2) is 41.2 Å². The highest BCUT2D eigenvalue weighted by Gasteiger charge is 2.33. The number of nitrogens with two attached hydrogens (primary N) is 2. The minimum absolute atomic E-state index is 0.0530. The molecule has 2 fully saturated rings. The van der Waals surface area contributed by atoms with E-state index in [2.05, 4.69) is 20.3 Å². The average molecular weight is 639 g/mol. The number of nitrogens with zero attached hydrogens (tertiary/aromatic N) is 5. The number of alkyl halides is 1. The molecule has 3 aromatic heterocycles. The van der Waals surface area contributed by atoms with Crippen LogP contribution in [-0.2, 0) is 4.79 Å². The van der Waals surface area contributed by atoms with Crippen LogP contribution in [0.4, 0.5) is 24.1 Å². The van der Waals surface area contributed by atoms with Crippen molar-refractivity contribution in [3.63, 3.8) is 0 Å². The van der Waals surface area contributed by atoms with Crippen LogP contribution in [0.2, 0.25) is 0 Å². The van der Waals surface area contributed by atoms with E-state index in [0.29, 0.717) is 53.9 Å². The zero-order valence-electron chi connectivity index (χ0n) is 24.1. The Bertz CT molecular complexity index is 1910. The molecule has 2 aliphatic rings. The van der Waals surface area contributed by atoms with Gasteiger partial charge in [0.05, 0.1) is 35.3 Å². The number of rotatable bonds is 8. The molecule has 15 heteroatoms. The number of thiazole rings is 1. The molecule has 11 nitrogen and oxygen atoms in total. The smallest absolute Gasteiger partial charge is 0.319 e. The molecule has 1 amide bonds. The Morgan fingerprint density at radius 3 is 2.69 bits per heavy atom. The largest absolute Gasteiger partial charge is 0.472 e. The fraction of sp³-hybridized carbons (Fsp3) is 0.333. The fourth-order valence-electron chi connectivity index (χ4n) is 5.96. The quantitative estimate of drug-likeness (QED) is 0.228. The Morgan fingerprint density at radius 2 is 1.98 bits per heavy atom. The highest BCUT2D eigenvalue weighted by Crippen LogP contribution is 2.44. The van der Waals surface area contributed by atoms with Crippen molar-refractivity contribution in [3.05, 3.63) is 48.4 Å². The van der Waals surface area contributed by atoms with Gasteiger partial charge in [0.15, 0.2) is 10.9 Å². The van der Waals surface area contributed by atoms with Crippen LogP contribution < -0.4 is 21.5 Å². The second kappa shape index (κ2) is 11.5. The van der Waals surface area contributed by atoms with Gasteiger partial charge in [-0.05, 0) is 43.3 Å². The number of carbonyl (C=O) groups excluding carboxylic acids is 1. The molecule has 0 bridgehead atoms. The van der Waals surface area contributed by atoms with Crippen LogP contribution in [0.3, 0.4) is 0 Å². The summed E-state index contributed by atoms with van der Waals surface area (Å²) in [5, 5.41) is 3.80. The molecule has 2 atom stereocenters. The van der Waals surface area contributed by atoms with Crippen LogP contribution >= 0.6 is 11.3 Å². The number of likely N-dealkylation sites (N-methyl/N-ethyl adjacent to an activating group) is 1. The summed E-state index contributed by atoms with van der Waals surface area (Å²) in [6.07, 6.45) is 2.27. The molecule has 0 radical (unpaired) electrons. The van der Waals surface area contributed by atoms with Crippen molar-refractivity contribution in [1.29, 1.82) is 0 Å². The van der Waals surface area contributed by atoms with Crippen LogP contribution in [0.1, 0.15) is 6.42 Å². The van der Waals surface area contributed by atoms with Crippen molar-refractivity contribution >= 4 is 49.3 Å². The lowest BCUT2D eigenvalue weighted by Crippen LogP contribution is -2.58. The molecule has 0 spiro atoms. The van der Waals surface area contributed by atoms with Gasteiger partial charge in [-0.25, -0.2) is 18.2 Å². The zero-order valence-corrected chi connectivity index (χ0v) is 24.9. The van der Waals surface area contributed by atoms with E-state index in [0.717, 1.165) is 11.3 Å². The number of hydrogen-bond acceptors (Lipinski definition) is 11. The number of nitrogens with one attached hydrogen (secondary N) is 1. The molecule has 2 unspecified atom stereocenters. The highest BCUT2D eigenvalue weighted by molar-refractivity contribution is 7.22. The number of aromatic nitrogens is 3. The SMILES string of the molecule is CN1CC(F)CC1COc1nc(NC2CN(C(=O)CN)C2)c2cc(-c3ccoc3)c(-c3ccc(F)c4sc(N)nc34)c(F)c2n1. The Labute approximate surface area is 259 Å². The second-order valence-corrected chi connectivity index (χ2v) is 12.3. The summed E-state index contributed by atoms with van der Waals surface area (Å²) in [6.45, 7) is 1.07. The zero-order chi connectivity index (χ0) is 31.4. The number of carbonyl (C=O) groups is 1. The lowest BCUT2D eigenvalue weighted by molar-refractivity contribution is -0.133. The summed E-state index contributed by atoms with van der Waals surface area (Å²) < 4.78 is 57.3. The Morgan fingerprint density at radius 1 is 1.16 bits per heavy atom. The number of likely N-dealkylation sites (tertiary alicyclic amines) is 2. The lowest BCUT2D eigenvalue weighted by Gasteiger charge is -2.39. The number of amides is 1. The molecule has 5 aromatic rings. The van der Waals surface area contributed by atoms with E-state index in [1.54, 1.807) is 17.0 Å². The molecular weight excluding hydrogens is 609 g/mol. The van der Waals surface area contributed by atoms with Gasteiger partial charge in [0.25, 0.3) is 0 Å². The predicted octanol–water partition coefficient (Wildman–Crippen LogP) is 4.03. The Kier molecular flexibility index (Phi) is 7.46. The normalized spacial score (nSPS) is 19.0. The van der Waals surface area contributed by atoms with E-state index in [1.807, 2.05) is 11.9 Å². The van der Waals surface area contributed by atoms with E-state index >= 15 is 4.39 Å². The molecule has 45 heavy (non-hydrogen) atoms. The highest BCUT2D eigenvalue weighted by atomic mass is 32.1. The molecule has 0 saturated carbocycles. The Hall–Kier alpha value is -4.47. The summed E-state index contributed by atoms with van der Waals surface area (Å²) in [5.74, 6) is -1.12. The van der Waals surface area contributed by atoms with Crippen molar-refractivity contribution in [2.75, 3.05) is 50.9 Å². The average Bonchev–Trinajstić information content (AvgIpc) is 3.74. The first-order valence-corrected chi connectivity index (χ1v) is 15.1. The third-order valence-electron chi connectivity index (χ3n) is 8.32. The second-order valence-electron chi connectivity index (χ2n) is 11.3. The number of hydrogen-bond donors (Lipinski definition) is 3. The molecule has 7 rings (SSSR count). The van der Waals surface area contributed by atoms with Crippen molar-refractivity contribution < 1.29 is 27.1 Å². The molecule has 2 saturated heterocycles. The molecular formula is C30H29F3N8O3S. The number of nitrogen functional groups attached to an aromatic ring is 1. The number of benzene rings is 2. The Balaban J connectivity index is 1.38. The van der Waals surface area contributed by atoms with Gasteiger partial charge in [0.2, 0.25) is 5.91 Å². The van der Waals surface area contributed by atoms with Gasteiger partial charge in [-0.15, -0.1) is 0 Å². The van der Waals surface area contributed by atoms with Crippen LogP contribution in [0.25, 0.3) is 43.4 Å². The molecule has 0 aliphatic carbocycles. The molecule has 2 aliphatic heterocycles. The maximum atomic E-state index is 17.0. The monoisotopic (exact) mass is 638 g/mol. The van der Waals surface area contributed by atoms with Crippen LogP contribution in [-0.4, -0.2) is 88.7 Å². The first-order valence-electron chi connectivity index (χ1n) is 14.3. The third kappa shape index (κ3) is 5.30. The molecule has 2 aromatic carbocycles. The van der Waals surface area contributed by atoms with Crippen molar-refractivity contribution in [3.8, 4) is 28.3 Å². The maximum absolute atomic E-state index is 17.0. The van der Waals surface area contributed by atoms with Gasteiger partial charge < -0.3 is 30.8 Å². The first-order chi connectivity index (χ1) is 21.7.